The van der Waals surface area contributed by atoms with E-state index in [0.717, 1.165) is 32.8 Å². The van der Waals surface area contributed by atoms with Crippen molar-refractivity contribution in [3.05, 3.63) is 28.7 Å². The zero-order valence-corrected chi connectivity index (χ0v) is 12.9. The molecule has 0 atom stereocenters. The summed E-state index contributed by atoms with van der Waals surface area (Å²) in [6.07, 6.45) is 1.74. The van der Waals surface area contributed by atoms with Crippen LogP contribution in [0.25, 0.3) is 0 Å². The first-order valence-corrected chi connectivity index (χ1v) is 7.71. The second-order valence-electron chi connectivity index (χ2n) is 5.07. The van der Waals surface area contributed by atoms with Crippen LogP contribution < -0.4 is 16.0 Å². The lowest BCUT2D eigenvalue weighted by atomic mass is 10.4. The molecule has 0 radical (unpaired) electrons. The number of nitrogens with zero attached hydrogens (tertiary/aromatic N) is 2. The van der Waals surface area contributed by atoms with E-state index in [-0.39, 0.29) is 5.56 Å². The Morgan fingerprint density at radius 1 is 1.18 bits per heavy atom. The Morgan fingerprint density at radius 2 is 2.00 bits per heavy atom. The van der Waals surface area contributed by atoms with E-state index in [1.54, 1.807) is 16.8 Å². The first kappa shape index (κ1) is 17.0. The summed E-state index contributed by atoms with van der Waals surface area (Å²) < 4.78 is 17.8. The molecule has 0 aromatic carbocycles. The average molecular weight is 311 g/mol. The predicted molar refractivity (Wildman–Crippen MR) is 83.3 cm³/mol. The number of ether oxygens (including phenoxy) is 3. The van der Waals surface area contributed by atoms with Gasteiger partial charge in [0.2, 0.25) is 0 Å². The molecule has 1 aromatic rings. The Labute approximate surface area is 130 Å². The molecule has 0 saturated carbocycles. The van der Waals surface area contributed by atoms with Gasteiger partial charge in [0.25, 0.3) is 5.56 Å². The molecule has 0 unspecified atom stereocenters. The molecule has 22 heavy (non-hydrogen) atoms. The highest BCUT2D eigenvalue weighted by Crippen LogP contribution is 2.03. The molecule has 0 spiro atoms. The molecule has 0 bridgehead atoms. The van der Waals surface area contributed by atoms with E-state index in [1.807, 2.05) is 6.07 Å². The van der Waals surface area contributed by atoms with E-state index in [2.05, 4.69) is 4.90 Å². The van der Waals surface area contributed by atoms with Crippen molar-refractivity contribution in [1.82, 2.24) is 9.47 Å². The Bertz CT molecular complexity index is 486. The Balaban J connectivity index is 1.79. The third-order valence-corrected chi connectivity index (χ3v) is 3.49. The highest BCUT2D eigenvalue weighted by atomic mass is 16.5. The molecule has 0 aliphatic carbocycles. The zero-order valence-electron chi connectivity index (χ0n) is 12.9. The van der Waals surface area contributed by atoms with Gasteiger partial charge in [-0.05, 0) is 12.1 Å². The molecule has 1 saturated heterocycles. The van der Waals surface area contributed by atoms with Crippen molar-refractivity contribution >= 4 is 0 Å². The van der Waals surface area contributed by atoms with Crippen LogP contribution in [-0.4, -0.2) is 68.7 Å². The molecule has 1 aliphatic heterocycles. The van der Waals surface area contributed by atoms with E-state index in [4.69, 9.17) is 19.9 Å². The number of rotatable bonds is 9. The van der Waals surface area contributed by atoms with Gasteiger partial charge in [0.05, 0.1) is 26.4 Å². The summed E-state index contributed by atoms with van der Waals surface area (Å²) >= 11 is 0. The Kier molecular flexibility index (Phi) is 7.38. The van der Waals surface area contributed by atoms with Crippen LogP contribution in [-0.2, 0) is 16.0 Å². The van der Waals surface area contributed by atoms with Crippen molar-refractivity contribution in [3.63, 3.8) is 0 Å². The third kappa shape index (κ3) is 5.42. The zero-order chi connectivity index (χ0) is 15.6. The maximum atomic E-state index is 12.2. The van der Waals surface area contributed by atoms with Crippen molar-refractivity contribution in [2.45, 2.75) is 6.54 Å². The van der Waals surface area contributed by atoms with Crippen LogP contribution in [0, 0.1) is 0 Å². The smallest absolute Gasteiger partial charge is 0.292 e. The lowest BCUT2D eigenvalue weighted by molar-refractivity contribution is 0.0321. The van der Waals surface area contributed by atoms with Crippen LogP contribution in [0.3, 0.4) is 0 Å². The molecule has 1 fully saturated rings. The fourth-order valence-electron chi connectivity index (χ4n) is 2.26. The lowest BCUT2D eigenvalue weighted by Gasteiger charge is -2.26. The van der Waals surface area contributed by atoms with Crippen molar-refractivity contribution in [3.8, 4) is 5.75 Å². The average Bonchev–Trinajstić information content (AvgIpc) is 2.55. The van der Waals surface area contributed by atoms with Crippen molar-refractivity contribution < 1.29 is 14.2 Å². The van der Waals surface area contributed by atoms with Gasteiger partial charge >= 0.3 is 0 Å². The topological polar surface area (TPSA) is 78.9 Å². The SMILES string of the molecule is NCCOCCn1cccc(OCCN2CCOCC2)c1=O. The maximum Gasteiger partial charge on any atom is 0.292 e. The van der Waals surface area contributed by atoms with Crippen LogP contribution in [0.4, 0.5) is 0 Å². The van der Waals surface area contributed by atoms with Crippen LogP contribution in [0.15, 0.2) is 23.1 Å². The van der Waals surface area contributed by atoms with Gasteiger partial charge in [0.1, 0.15) is 6.61 Å². The maximum absolute atomic E-state index is 12.2. The summed E-state index contributed by atoms with van der Waals surface area (Å²) in [6, 6.07) is 3.52. The van der Waals surface area contributed by atoms with E-state index in [9.17, 15) is 4.79 Å². The second kappa shape index (κ2) is 9.58. The minimum atomic E-state index is -0.124. The van der Waals surface area contributed by atoms with E-state index >= 15 is 0 Å². The quantitative estimate of drug-likeness (QED) is 0.622. The van der Waals surface area contributed by atoms with Gasteiger partial charge in [0, 0.05) is 38.9 Å². The number of hydrogen-bond donors (Lipinski definition) is 1. The van der Waals surface area contributed by atoms with Crippen molar-refractivity contribution in [1.29, 1.82) is 0 Å². The second-order valence-corrected chi connectivity index (χ2v) is 5.07. The van der Waals surface area contributed by atoms with Gasteiger partial charge < -0.3 is 24.5 Å². The Morgan fingerprint density at radius 3 is 2.77 bits per heavy atom. The third-order valence-electron chi connectivity index (χ3n) is 3.49. The number of aromatic nitrogens is 1. The minimum Gasteiger partial charge on any atom is -0.487 e. The largest absolute Gasteiger partial charge is 0.487 e. The number of morpholine rings is 1. The molecule has 7 heteroatoms. The Hall–Kier alpha value is -1.41. The molecule has 7 nitrogen and oxygen atoms in total. The van der Waals surface area contributed by atoms with Crippen LogP contribution >= 0.6 is 0 Å². The highest BCUT2D eigenvalue weighted by Gasteiger charge is 2.10. The first-order chi connectivity index (χ1) is 10.8. The van der Waals surface area contributed by atoms with Gasteiger partial charge in [-0.2, -0.15) is 0 Å². The summed E-state index contributed by atoms with van der Waals surface area (Å²) in [6.45, 7) is 6.63. The number of pyridine rings is 1. The standard InChI is InChI=1S/C15H25N3O4/c16-3-9-20-12-8-18-4-1-2-14(15(18)19)22-13-7-17-5-10-21-11-6-17/h1-2,4H,3,5-13,16H2. The van der Waals surface area contributed by atoms with Gasteiger partial charge in [0.15, 0.2) is 5.75 Å². The molecule has 2 heterocycles. The predicted octanol–water partition coefficient (Wildman–Crippen LogP) is -0.465. The molecule has 1 aromatic heterocycles. The molecule has 1 aliphatic rings. The molecule has 0 amide bonds. The fraction of sp³-hybridized carbons (Fsp3) is 0.667. The number of nitrogens with two attached hydrogens (primary N) is 1. The highest BCUT2D eigenvalue weighted by molar-refractivity contribution is 5.17. The fourth-order valence-corrected chi connectivity index (χ4v) is 2.26. The number of hydrogen-bond acceptors (Lipinski definition) is 6. The van der Waals surface area contributed by atoms with Crippen molar-refractivity contribution in [2.75, 3.05) is 59.2 Å². The summed E-state index contributed by atoms with van der Waals surface area (Å²) in [7, 11) is 0. The van der Waals surface area contributed by atoms with E-state index in [0.29, 0.717) is 38.7 Å². The van der Waals surface area contributed by atoms with E-state index < -0.39 is 0 Å². The summed E-state index contributed by atoms with van der Waals surface area (Å²) in [5.74, 6) is 0.384. The summed E-state index contributed by atoms with van der Waals surface area (Å²) in [5, 5.41) is 0. The normalized spacial score (nSPS) is 15.9. The van der Waals surface area contributed by atoms with Crippen LogP contribution in [0.5, 0.6) is 5.75 Å². The molecular formula is C15H25N3O4. The first-order valence-electron chi connectivity index (χ1n) is 7.71. The van der Waals surface area contributed by atoms with E-state index in [1.165, 1.54) is 0 Å². The van der Waals surface area contributed by atoms with Crippen molar-refractivity contribution in [2.24, 2.45) is 5.73 Å². The van der Waals surface area contributed by atoms with Gasteiger partial charge in [-0.25, -0.2) is 0 Å². The molecular weight excluding hydrogens is 286 g/mol. The molecule has 124 valence electrons. The summed E-state index contributed by atoms with van der Waals surface area (Å²) in [4.78, 5) is 14.5. The van der Waals surface area contributed by atoms with Crippen LogP contribution in [0.1, 0.15) is 0 Å². The molecule has 2 N–H and O–H groups in total. The summed E-state index contributed by atoms with van der Waals surface area (Å²) in [5.41, 5.74) is 5.23. The van der Waals surface area contributed by atoms with Gasteiger partial charge in [-0.1, -0.05) is 0 Å². The monoisotopic (exact) mass is 311 g/mol. The van der Waals surface area contributed by atoms with Gasteiger partial charge in [-0.15, -0.1) is 0 Å². The lowest BCUT2D eigenvalue weighted by Crippen LogP contribution is -2.39. The van der Waals surface area contributed by atoms with Gasteiger partial charge in [-0.3, -0.25) is 9.69 Å². The molecule has 2 rings (SSSR count). The van der Waals surface area contributed by atoms with Crippen LogP contribution in [0.2, 0.25) is 0 Å². The minimum absolute atomic E-state index is 0.124.